The molecule has 14 heavy (non-hydrogen) atoms. The Kier molecular flexibility index (Phi) is 7.80. The van der Waals surface area contributed by atoms with E-state index in [4.69, 9.17) is 5.11 Å². The molecular weight excluding hydrogens is 231 g/mol. The lowest BCUT2D eigenvalue weighted by molar-refractivity contribution is -0.158. The van der Waals surface area contributed by atoms with Crippen molar-refractivity contribution in [2.24, 2.45) is 0 Å². The maximum atomic E-state index is 10.5. The van der Waals surface area contributed by atoms with E-state index >= 15 is 0 Å². The third kappa shape index (κ3) is 4.69. The van der Waals surface area contributed by atoms with E-state index in [-0.39, 0.29) is 30.6 Å². The van der Waals surface area contributed by atoms with Gasteiger partial charge in [0.2, 0.25) is 0 Å². The smallest absolute Gasteiger partial charge is 0.422 e. The molecule has 0 spiro atoms. The Labute approximate surface area is 92.7 Å². The van der Waals surface area contributed by atoms with Gasteiger partial charge in [-0.1, -0.05) is 18.2 Å². The summed E-state index contributed by atoms with van der Waals surface area (Å²) in [6.45, 7) is 0. The fourth-order valence-electron chi connectivity index (χ4n) is 0.639. The van der Waals surface area contributed by atoms with Gasteiger partial charge < -0.3 is 9.84 Å². The molecule has 78 valence electrons. The van der Waals surface area contributed by atoms with Gasteiger partial charge in [0.1, 0.15) is 5.75 Å². The van der Waals surface area contributed by atoms with E-state index < -0.39 is 11.9 Å². The number of aliphatic carboxylic acids is 1. The highest BCUT2D eigenvalue weighted by Gasteiger charge is 2.13. The maximum absolute atomic E-state index is 10.5. The van der Waals surface area contributed by atoms with Gasteiger partial charge in [-0.25, -0.2) is 9.59 Å². The summed E-state index contributed by atoms with van der Waals surface area (Å²) < 4.78 is 4.44. The molecule has 0 unspecified atom stereocenters. The molecule has 0 atom stereocenters. The Morgan fingerprint density at radius 2 is 1.57 bits per heavy atom. The van der Waals surface area contributed by atoms with Crippen LogP contribution in [0.2, 0.25) is 0 Å². The fraction of sp³-hybridized carbons (Fsp3) is 0. The third-order valence-electron chi connectivity index (χ3n) is 1.13. The van der Waals surface area contributed by atoms with Crippen LogP contribution in [-0.4, -0.2) is 17.0 Å². The number of esters is 1. The summed E-state index contributed by atoms with van der Waals surface area (Å²) in [4.78, 5) is 20.5. The highest BCUT2D eigenvalue weighted by Crippen LogP contribution is 2.07. The zero-order chi connectivity index (χ0) is 8.97. The average molecular weight is 239 g/mol. The van der Waals surface area contributed by atoms with Crippen LogP contribution in [0.3, 0.4) is 0 Å². The monoisotopic (exact) mass is 238 g/mol. The van der Waals surface area contributed by atoms with Crippen LogP contribution in [0.1, 0.15) is 0 Å². The summed E-state index contributed by atoms with van der Waals surface area (Å²) in [6, 6.07) is 8.02. The molecule has 0 aromatic heterocycles. The van der Waals surface area contributed by atoms with Crippen molar-refractivity contribution in [1.29, 1.82) is 0 Å². The van der Waals surface area contributed by atoms with Crippen molar-refractivity contribution in [2.75, 3.05) is 0 Å². The van der Waals surface area contributed by atoms with Crippen molar-refractivity contribution < 1.29 is 19.4 Å². The van der Waals surface area contributed by atoms with Gasteiger partial charge in [-0.05, 0) is 12.1 Å². The molecule has 1 aromatic rings. The van der Waals surface area contributed by atoms with Gasteiger partial charge in [0.15, 0.2) is 0 Å². The Balaban J connectivity index is 0. The molecule has 1 rings (SSSR count). The van der Waals surface area contributed by atoms with Gasteiger partial charge >= 0.3 is 11.9 Å². The van der Waals surface area contributed by atoms with Gasteiger partial charge in [-0.2, -0.15) is 0 Å². The number of carboxylic acid groups (broad SMARTS) is 1. The Bertz CT molecular complexity index is 299. The summed E-state index contributed by atoms with van der Waals surface area (Å²) in [7, 11) is 0. The number of hydrogen-bond acceptors (Lipinski definition) is 3. The zero-order valence-electron chi connectivity index (χ0n) is 6.88. The molecule has 0 radical (unpaired) electrons. The number of ether oxygens (including phenoxy) is 1. The quantitative estimate of drug-likeness (QED) is 0.458. The first-order chi connectivity index (χ1) is 5.70. The Hall–Kier alpha value is -1.26. The summed E-state index contributed by atoms with van der Waals surface area (Å²) in [6.07, 6.45) is 0. The molecule has 0 fully saturated rings. The summed E-state index contributed by atoms with van der Waals surface area (Å²) in [5.41, 5.74) is 0. The van der Waals surface area contributed by atoms with E-state index in [0.29, 0.717) is 0 Å². The van der Waals surface area contributed by atoms with E-state index in [1.165, 1.54) is 12.1 Å². The van der Waals surface area contributed by atoms with Crippen molar-refractivity contribution in [2.45, 2.75) is 0 Å². The van der Waals surface area contributed by atoms with Crippen molar-refractivity contribution in [3.05, 3.63) is 30.3 Å². The fourth-order valence-corrected chi connectivity index (χ4v) is 0.639. The van der Waals surface area contributed by atoms with Crippen LogP contribution in [0.15, 0.2) is 30.3 Å². The molecule has 1 aromatic carbocycles. The lowest BCUT2D eigenvalue weighted by atomic mass is 10.3. The van der Waals surface area contributed by atoms with E-state index in [0.717, 1.165) is 0 Å². The predicted octanol–water partition coefficient (Wildman–Crippen LogP) is 1.52. The SMILES string of the molecule is Cl.Cl.O=C(O)C(=O)Oc1ccccc1. The van der Waals surface area contributed by atoms with Crippen molar-refractivity contribution >= 4 is 36.8 Å². The largest absolute Gasteiger partial charge is 0.473 e. The summed E-state index contributed by atoms with van der Waals surface area (Å²) >= 11 is 0. The first kappa shape index (κ1) is 15.2. The molecule has 0 bridgehead atoms. The van der Waals surface area contributed by atoms with Gasteiger partial charge in [-0.3, -0.25) is 0 Å². The number of carbonyl (C=O) groups is 2. The standard InChI is InChI=1S/C8H6O4.2ClH/c9-7(10)8(11)12-6-4-2-1-3-5-6;;/h1-5H,(H,9,10);2*1H. The second kappa shape index (κ2) is 7.17. The second-order valence-electron chi connectivity index (χ2n) is 2.01. The van der Waals surface area contributed by atoms with Gasteiger partial charge in [0.25, 0.3) is 0 Å². The molecule has 0 heterocycles. The van der Waals surface area contributed by atoms with Crippen molar-refractivity contribution in [1.82, 2.24) is 0 Å². The lowest BCUT2D eigenvalue weighted by Crippen LogP contribution is -2.19. The van der Waals surface area contributed by atoms with Gasteiger partial charge in [-0.15, -0.1) is 24.8 Å². The molecule has 0 saturated heterocycles. The number of benzene rings is 1. The van der Waals surface area contributed by atoms with E-state index in [2.05, 4.69) is 4.74 Å². The molecular formula is C8H8Cl2O4. The Morgan fingerprint density at radius 3 is 2.00 bits per heavy atom. The molecule has 0 aliphatic rings. The minimum atomic E-state index is -1.60. The van der Waals surface area contributed by atoms with Crippen molar-refractivity contribution in [3.63, 3.8) is 0 Å². The predicted molar refractivity (Wildman–Crippen MR) is 54.2 cm³/mol. The second-order valence-corrected chi connectivity index (χ2v) is 2.01. The molecule has 6 heteroatoms. The van der Waals surface area contributed by atoms with E-state index in [9.17, 15) is 9.59 Å². The number of carbonyl (C=O) groups excluding carboxylic acids is 1. The first-order valence-electron chi connectivity index (χ1n) is 3.20. The van der Waals surface area contributed by atoms with E-state index in [1.54, 1.807) is 18.2 Å². The minimum Gasteiger partial charge on any atom is -0.473 e. The molecule has 0 amide bonds. The average Bonchev–Trinajstić information content (AvgIpc) is 2.06. The minimum absolute atomic E-state index is 0. The van der Waals surface area contributed by atoms with Crippen LogP contribution in [0, 0.1) is 0 Å². The zero-order valence-corrected chi connectivity index (χ0v) is 8.51. The van der Waals surface area contributed by atoms with Crippen LogP contribution in [-0.2, 0) is 9.59 Å². The Morgan fingerprint density at radius 1 is 1.07 bits per heavy atom. The molecule has 4 nitrogen and oxygen atoms in total. The molecule has 0 saturated carbocycles. The number of rotatable bonds is 1. The molecule has 0 aliphatic carbocycles. The van der Waals surface area contributed by atoms with Crippen LogP contribution in [0.4, 0.5) is 0 Å². The number of para-hydroxylation sites is 1. The highest BCUT2D eigenvalue weighted by atomic mass is 35.5. The normalized spacial score (nSPS) is 7.71. The molecule has 1 N–H and O–H groups in total. The van der Waals surface area contributed by atoms with Gasteiger partial charge in [0.05, 0.1) is 0 Å². The van der Waals surface area contributed by atoms with Crippen molar-refractivity contribution in [3.8, 4) is 5.75 Å². The first-order valence-corrected chi connectivity index (χ1v) is 3.20. The molecule has 0 aliphatic heterocycles. The number of hydrogen-bond donors (Lipinski definition) is 1. The maximum Gasteiger partial charge on any atom is 0.422 e. The number of halogens is 2. The highest BCUT2D eigenvalue weighted by molar-refractivity contribution is 6.29. The topological polar surface area (TPSA) is 63.6 Å². The van der Waals surface area contributed by atoms with Crippen LogP contribution >= 0.6 is 24.8 Å². The van der Waals surface area contributed by atoms with Gasteiger partial charge in [0, 0.05) is 0 Å². The summed E-state index contributed by atoms with van der Waals surface area (Å²) in [5, 5.41) is 8.17. The third-order valence-corrected chi connectivity index (χ3v) is 1.13. The van der Waals surface area contributed by atoms with Crippen LogP contribution < -0.4 is 4.74 Å². The van der Waals surface area contributed by atoms with Crippen LogP contribution in [0.5, 0.6) is 5.75 Å². The lowest BCUT2D eigenvalue weighted by Gasteiger charge is -1.98. The summed E-state index contributed by atoms with van der Waals surface area (Å²) in [5.74, 6) is -2.65. The number of carboxylic acids is 1. The van der Waals surface area contributed by atoms with Crippen LogP contribution in [0.25, 0.3) is 0 Å². The van der Waals surface area contributed by atoms with E-state index in [1.807, 2.05) is 0 Å².